The Morgan fingerprint density at radius 1 is 1.00 bits per heavy atom. The molecule has 6 heteroatoms. The Hall–Kier alpha value is -2.92. The van der Waals surface area contributed by atoms with Gasteiger partial charge in [-0.05, 0) is 41.3 Å². The minimum Gasteiger partial charge on any atom is -0.347 e. The first-order valence-corrected chi connectivity index (χ1v) is 9.11. The minimum absolute atomic E-state index is 0.268. The summed E-state index contributed by atoms with van der Waals surface area (Å²) in [5, 5.41) is 6.66. The third kappa shape index (κ3) is 5.28. The first kappa shape index (κ1) is 18.9. The Labute approximate surface area is 163 Å². The molecule has 0 aliphatic rings. The molecule has 0 aliphatic carbocycles. The van der Waals surface area contributed by atoms with Crippen molar-refractivity contribution in [3.05, 3.63) is 82.8 Å². The standard InChI is InChI=1S/C21H21ClN4O/c1-14(2)16-5-9-18(10-6-16)26-20-13-23-19(12-24-20)21(27)25-11-15-3-7-17(22)8-4-15/h3-10,12-14H,11H2,1-2H3,(H,24,26)(H,25,27). The fraction of sp³-hybridized carbons (Fsp3) is 0.190. The lowest BCUT2D eigenvalue weighted by Crippen LogP contribution is -2.24. The van der Waals surface area contributed by atoms with Crippen LogP contribution in [0.25, 0.3) is 0 Å². The monoisotopic (exact) mass is 380 g/mol. The quantitative estimate of drug-likeness (QED) is 0.636. The van der Waals surface area contributed by atoms with E-state index in [-0.39, 0.29) is 11.6 Å². The maximum atomic E-state index is 12.2. The molecule has 1 amide bonds. The summed E-state index contributed by atoms with van der Waals surface area (Å²) < 4.78 is 0. The van der Waals surface area contributed by atoms with Crippen molar-refractivity contribution in [2.24, 2.45) is 0 Å². The van der Waals surface area contributed by atoms with E-state index in [1.165, 1.54) is 11.8 Å². The van der Waals surface area contributed by atoms with Gasteiger partial charge in [0.15, 0.2) is 0 Å². The summed E-state index contributed by atoms with van der Waals surface area (Å²) in [6.45, 7) is 4.72. The number of amides is 1. The van der Waals surface area contributed by atoms with Gasteiger partial charge in [0.1, 0.15) is 11.5 Å². The number of halogens is 1. The van der Waals surface area contributed by atoms with Gasteiger partial charge in [0.2, 0.25) is 0 Å². The van der Waals surface area contributed by atoms with Crippen molar-refractivity contribution in [2.75, 3.05) is 5.32 Å². The van der Waals surface area contributed by atoms with E-state index in [9.17, 15) is 4.79 Å². The van der Waals surface area contributed by atoms with E-state index < -0.39 is 0 Å². The zero-order valence-electron chi connectivity index (χ0n) is 15.2. The lowest BCUT2D eigenvalue weighted by molar-refractivity contribution is 0.0945. The van der Waals surface area contributed by atoms with Gasteiger partial charge in [-0.3, -0.25) is 4.79 Å². The van der Waals surface area contributed by atoms with Crippen LogP contribution in [-0.2, 0) is 6.54 Å². The number of carbonyl (C=O) groups is 1. The predicted molar refractivity (Wildman–Crippen MR) is 108 cm³/mol. The minimum atomic E-state index is -0.273. The van der Waals surface area contributed by atoms with Crippen LogP contribution < -0.4 is 10.6 Å². The van der Waals surface area contributed by atoms with Crippen LogP contribution in [0.15, 0.2) is 60.9 Å². The number of carbonyl (C=O) groups excluding carboxylic acids is 1. The molecule has 0 saturated heterocycles. The smallest absolute Gasteiger partial charge is 0.271 e. The molecule has 27 heavy (non-hydrogen) atoms. The molecule has 1 heterocycles. The van der Waals surface area contributed by atoms with Gasteiger partial charge in [-0.25, -0.2) is 9.97 Å². The molecule has 2 aromatic carbocycles. The highest BCUT2D eigenvalue weighted by atomic mass is 35.5. The van der Waals surface area contributed by atoms with Crippen LogP contribution in [0.1, 0.15) is 41.4 Å². The van der Waals surface area contributed by atoms with Crippen molar-refractivity contribution < 1.29 is 4.79 Å². The Balaban J connectivity index is 1.57. The molecule has 138 valence electrons. The van der Waals surface area contributed by atoms with E-state index in [0.29, 0.717) is 23.3 Å². The normalized spacial score (nSPS) is 10.7. The van der Waals surface area contributed by atoms with Crippen molar-refractivity contribution in [2.45, 2.75) is 26.3 Å². The summed E-state index contributed by atoms with van der Waals surface area (Å²) in [5.74, 6) is 0.802. The lowest BCUT2D eigenvalue weighted by atomic mass is 10.0. The highest BCUT2D eigenvalue weighted by Crippen LogP contribution is 2.19. The Kier molecular flexibility index (Phi) is 6.04. The highest BCUT2D eigenvalue weighted by molar-refractivity contribution is 6.30. The molecule has 0 unspecified atom stereocenters. The molecular weight excluding hydrogens is 360 g/mol. The van der Waals surface area contributed by atoms with Gasteiger partial charge in [-0.1, -0.05) is 49.7 Å². The van der Waals surface area contributed by atoms with Crippen LogP contribution in [0.5, 0.6) is 0 Å². The second-order valence-electron chi connectivity index (χ2n) is 6.50. The van der Waals surface area contributed by atoms with Gasteiger partial charge in [-0.2, -0.15) is 0 Å². The number of rotatable bonds is 6. The third-order valence-electron chi connectivity index (χ3n) is 4.10. The van der Waals surface area contributed by atoms with Crippen LogP contribution in [0.2, 0.25) is 5.02 Å². The van der Waals surface area contributed by atoms with E-state index >= 15 is 0 Å². The molecule has 0 bridgehead atoms. The number of aromatic nitrogens is 2. The zero-order chi connectivity index (χ0) is 19.2. The summed E-state index contributed by atoms with van der Waals surface area (Å²) >= 11 is 5.85. The number of anilines is 2. The van der Waals surface area contributed by atoms with Crippen LogP contribution >= 0.6 is 11.6 Å². The Morgan fingerprint density at radius 2 is 1.70 bits per heavy atom. The number of hydrogen-bond acceptors (Lipinski definition) is 4. The molecule has 2 N–H and O–H groups in total. The van der Waals surface area contributed by atoms with E-state index in [2.05, 4.69) is 46.6 Å². The topological polar surface area (TPSA) is 66.9 Å². The predicted octanol–water partition coefficient (Wildman–Crippen LogP) is 4.93. The highest BCUT2D eigenvalue weighted by Gasteiger charge is 2.08. The van der Waals surface area contributed by atoms with Crippen molar-refractivity contribution in [1.29, 1.82) is 0 Å². The SMILES string of the molecule is CC(C)c1ccc(Nc2cnc(C(=O)NCc3ccc(Cl)cc3)cn2)cc1. The van der Waals surface area contributed by atoms with E-state index in [0.717, 1.165) is 11.3 Å². The van der Waals surface area contributed by atoms with Crippen LogP contribution in [0, 0.1) is 0 Å². The van der Waals surface area contributed by atoms with Crippen LogP contribution in [0.4, 0.5) is 11.5 Å². The first-order chi connectivity index (χ1) is 13.0. The van der Waals surface area contributed by atoms with Gasteiger partial charge in [0.25, 0.3) is 5.91 Å². The maximum absolute atomic E-state index is 12.2. The number of benzene rings is 2. The largest absolute Gasteiger partial charge is 0.347 e. The summed E-state index contributed by atoms with van der Waals surface area (Å²) in [7, 11) is 0. The van der Waals surface area contributed by atoms with Crippen LogP contribution in [-0.4, -0.2) is 15.9 Å². The second-order valence-corrected chi connectivity index (χ2v) is 6.93. The van der Waals surface area contributed by atoms with E-state index in [4.69, 9.17) is 11.6 Å². The fourth-order valence-electron chi connectivity index (χ4n) is 2.48. The van der Waals surface area contributed by atoms with Gasteiger partial charge in [0, 0.05) is 17.3 Å². The molecule has 5 nitrogen and oxygen atoms in total. The van der Waals surface area contributed by atoms with Gasteiger partial charge in [0.05, 0.1) is 12.4 Å². The molecule has 0 atom stereocenters. The van der Waals surface area contributed by atoms with Crippen molar-refractivity contribution in [3.8, 4) is 0 Å². The average molecular weight is 381 g/mol. The average Bonchev–Trinajstić information content (AvgIpc) is 2.68. The molecule has 0 spiro atoms. The Morgan fingerprint density at radius 3 is 2.30 bits per heavy atom. The van der Waals surface area contributed by atoms with Crippen molar-refractivity contribution in [3.63, 3.8) is 0 Å². The molecule has 0 saturated carbocycles. The summed E-state index contributed by atoms with van der Waals surface area (Å²) in [5.41, 5.74) is 3.43. The molecule has 3 rings (SSSR count). The van der Waals surface area contributed by atoms with Crippen molar-refractivity contribution >= 4 is 29.0 Å². The molecule has 0 radical (unpaired) electrons. The molecule has 3 aromatic rings. The van der Waals surface area contributed by atoms with Gasteiger partial charge in [-0.15, -0.1) is 0 Å². The fourth-order valence-corrected chi connectivity index (χ4v) is 2.61. The van der Waals surface area contributed by atoms with Gasteiger partial charge < -0.3 is 10.6 Å². The second kappa shape index (κ2) is 8.64. The zero-order valence-corrected chi connectivity index (χ0v) is 16.0. The number of nitrogens with one attached hydrogen (secondary N) is 2. The summed E-state index contributed by atoms with van der Waals surface area (Å²) in [6, 6.07) is 15.5. The van der Waals surface area contributed by atoms with Gasteiger partial charge >= 0.3 is 0 Å². The molecule has 0 aliphatic heterocycles. The van der Waals surface area contributed by atoms with E-state index in [1.807, 2.05) is 24.3 Å². The van der Waals surface area contributed by atoms with Crippen molar-refractivity contribution in [1.82, 2.24) is 15.3 Å². The number of nitrogens with zero attached hydrogens (tertiary/aromatic N) is 2. The maximum Gasteiger partial charge on any atom is 0.271 e. The molecular formula is C21H21ClN4O. The summed E-state index contributed by atoms with van der Waals surface area (Å²) in [4.78, 5) is 20.7. The molecule has 1 aromatic heterocycles. The first-order valence-electron chi connectivity index (χ1n) is 8.73. The van der Waals surface area contributed by atoms with Crippen LogP contribution in [0.3, 0.4) is 0 Å². The third-order valence-corrected chi connectivity index (χ3v) is 4.35. The number of hydrogen-bond donors (Lipinski definition) is 2. The summed E-state index contributed by atoms with van der Waals surface area (Å²) in [6.07, 6.45) is 3.01. The lowest BCUT2D eigenvalue weighted by Gasteiger charge is -2.09. The Bertz CT molecular complexity index is 891. The van der Waals surface area contributed by atoms with E-state index in [1.54, 1.807) is 18.3 Å². The molecule has 0 fully saturated rings.